The lowest BCUT2D eigenvalue weighted by Gasteiger charge is -1.92. The van der Waals surface area contributed by atoms with Crippen LogP contribution in [-0.4, -0.2) is 20.3 Å². The third kappa shape index (κ3) is 2.52. The van der Waals surface area contributed by atoms with Crippen molar-refractivity contribution in [2.75, 3.05) is 20.3 Å². The van der Waals surface area contributed by atoms with Crippen LogP contribution >= 0.6 is 12.4 Å². The summed E-state index contributed by atoms with van der Waals surface area (Å²) < 4.78 is 4.94. The molecule has 1 saturated carbocycles. The van der Waals surface area contributed by atoms with E-state index in [0.29, 0.717) is 0 Å². The predicted octanol–water partition coefficient (Wildman–Crippen LogP) is 0.649. The monoisotopic (exact) mass is 151 g/mol. The smallest absolute Gasteiger partial charge is 0.0493 e. The van der Waals surface area contributed by atoms with Gasteiger partial charge in [0.05, 0.1) is 0 Å². The fourth-order valence-electron chi connectivity index (χ4n) is 1.02. The number of methoxy groups -OCH3 is 1. The Morgan fingerprint density at radius 2 is 2.22 bits per heavy atom. The zero-order valence-electron chi connectivity index (χ0n) is 5.67. The minimum Gasteiger partial charge on any atom is -0.384 e. The van der Waals surface area contributed by atoms with Crippen LogP contribution in [0.3, 0.4) is 0 Å². The third-order valence-electron chi connectivity index (χ3n) is 1.75. The molecule has 0 aromatic carbocycles. The van der Waals surface area contributed by atoms with Crippen molar-refractivity contribution in [2.24, 2.45) is 17.6 Å². The molecule has 2 nitrogen and oxygen atoms in total. The average molecular weight is 152 g/mol. The molecule has 0 heterocycles. The first-order valence-corrected chi connectivity index (χ1v) is 3.07. The van der Waals surface area contributed by atoms with E-state index in [1.54, 1.807) is 7.11 Å². The first-order valence-electron chi connectivity index (χ1n) is 3.07. The minimum atomic E-state index is 0. The van der Waals surface area contributed by atoms with E-state index in [4.69, 9.17) is 10.5 Å². The summed E-state index contributed by atoms with van der Waals surface area (Å²) in [7, 11) is 1.74. The number of halogens is 1. The van der Waals surface area contributed by atoms with Gasteiger partial charge in [-0.25, -0.2) is 0 Å². The van der Waals surface area contributed by atoms with Gasteiger partial charge in [-0.1, -0.05) is 0 Å². The van der Waals surface area contributed by atoms with E-state index in [1.165, 1.54) is 6.42 Å². The molecule has 0 radical (unpaired) electrons. The molecule has 9 heavy (non-hydrogen) atoms. The molecule has 2 atom stereocenters. The van der Waals surface area contributed by atoms with Gasteiger partial charge in [0.25, 0.3) is 0 Å². The van der Waals surface area contributed by atoms with Gasteiger partial charge in [0, 0.05) is 13.7 Å². The zero-order chi connectivity index (χ0) is 5.98. The highest BCUT2D eigenvalue weighted by Crippen LogP contribution is 2.36. The fraction of sp³-hybridized carbons (Fsp3) is 1.00. The quantitative estimate of drug-likeness (QED) is 0.643. The standard InChI is InChI=1S/C6H13NO.ClH/c1-8-4-6-2-5(6)3-7;/h5-6H,2-4,7H2,1H3;1H/t5-,6-;/m0./s1. The molecule has 0 aromatic rings. The minimum absolute atomic E-state index is 0. The molecule has 2 N–H and O–H groups in total. The van der Waals surface area contributed by atoms with Crippen LogP contribution in [0.25, 0.3) is 0 Å². The molecule has 1 aliphatic rings. The molecule has 0 spiro atoms. The summed E-state index contributed by atoms with van der Waals surface area (Å²) >= 11 is 0. The maximum atomic E-state index is 5.40. The molecule has 56 valence electrons. The van der Waals surface area contributed by atoms with Gasteiger partial charge < -0.3 is 10.5 Å². The lowest BCUT2D eigenvalue weighted by atomic mass is 10.3. The number of nitrogens with two attached hydrogens (primary N) is 1. The Labute approximate surface area is 62.2 Å². The Balaban J connectivity index is 0.000000640. The SMILES string of the molecule is COC[C@@H]1C[C@H]1CN.Cl. The zero-order valence-corrected chi connectivity index (χ0v) is 6.49. The van der Waals surface area contributed by atoms with Crippen molar-refractivity contribution in [2.45, 2.75) is 6.42 Å². The van der Waals surface area contributed by atoms with Crippen molar-refractivity contribution >= 4 is 12.4 Å². The van der Waals surface area contributed by atoms with Crippen molar-refractivity contribution in [3.05, 3.63) is 0 Å². The number of hydrogen-bond donors (Lipinski definition) is 1. The molecule has 0 bridgehead atoms. The van der Waals surface area contributed by atoms with Crippen molar-refractivity contribution in [1.82, 2.24) is 0 Å². The van der Waals surface area contributed by atoms with Crippen LogP contribution < -0.4 is 5.73 Å². The second-order valence-electron chi connectivity index (χ2n) is 2.45. The second kappa shape index (κ2) is 4.09. The molecule has 1 aliphatic carbocycles. The van der Waals surface area contributed by atoms with Crippen LogP contribution in [0.1, 0.15) is 6.42 Å². The van der Waals surface area contributed by atoms with E-state index >= 15 is 0 Å². The summed E-state index contributed by atoms with van der Waals surface area (Å²) in [6.07, 6.45) is 1.28. The molecule has 1 fully saturated rings. The van der Waals surface area contributed by atoms with Crippen LogP contribution in [0, 0.1) is 11.8 Å². The molecule has 1 rings (SSSR count). The molecule has 0 aromatic heterocycles. The highest BCUT2D eigenvalue weighted by Gasteiger charge is 2.34. The van der Waals surface area contributed by atoms with Crippen LogP contribution in [0.5, 0.6) is 0 Å². The van der Waals surface area contributed by atoms with Crippen LogP contribution in [0.4, 0.5) is 0 Å². The van der Waals surface area contributed by atoms with Crippen molar-refractivity contribution in [3.63, 3.8) is 0 Å². The van der Waals surface area contributed by atoms with Gasteiger partial charge in [0.2, 0.25) is 0 Å². The maximum Gasteiger partial charge on any atom is 0.0493 e. The summed E-state index contributed by atoms with van der Waals surface area (Å²) in [5.74, 6) is 1.56. The Morgan fingerprint density at radius 1 is 1.56 bits per heavy atom. The summed E-state index contributed by atoms with van der Waals surface area (Å²) in [4.78, 5) is 0. The molecule has 0 unspecified atom stereocenters. The van der Waals surface area contributed by atoms with Crippen molar-refractivity contribution in [1.29, 1.82) is 0 Å². The summed E-state index contributed by atoms with van der Waals surface area (Å²) in [5, 5.41) is 0. The van der Waals surface area contributed by atoms with Gasteiger partial charge >= 0.3 is 0 Å². The molecule has 0 aliphatic heterocycles. The first-order chi connectivity index (χ1) is 3.88. The molecular weight excluding hydrogens is 138 g/mol. The van der Waals surface area contributed by atoms with Gasteiger partial charge in [0.1, 0.15) is 0 Å². The number of ether oxygens (including phenoxy) is 1. The summed E-state index contributed by atoms with van der Waals surface area (Å²) in [6, 6.07) is 0. The number of rotatable bonds is 3. The average Bonchev–Trinajstić information content (AvgIpc) is 2.48. The van der Waals surface area contributed by atoms with Crippen LogP contribution in [0.15, 0.2) is 0 Å². The van der Waals surface area contributed by atoms with Crippen molar-refractivity contribution < 1.29 is 4.74 Å². The second-order valence-corrected chi connectivity index (χ2v) is 2.45. The predicted molar refractivity (Wildman–Crippen MR) is 39.8 cm³/mol. The Kier molecular flexibility index (Phi) is 4.19. The Morgan fingerprint density at radius 3 is 2.56 bits per heavy atom. The molecule has 0 amide bonds. The van der Waals surface area contributed by atoms with Gasteiger partial charge in [-0.15, -0.1) is 12.4 Å². The molecule has 0 saturated heterocycles. The highest BCUT2D eigenvalue weighted by molar-refractivity contribution is 5.85. The largest absolute Gasteiger partial charge is 0.384 e. The summed E-state index contributed by atoms with van der Waals surface area (Å²) in [6.45, 7) is 1.75. The molecular formula is C6H14ClNO. The van der Waals surface area contributed by atoms with E-state index in [0.717, 1.165) is 25.0 Å². The van der Waals surface area contributed by atoms with Gasteiger partial charge in [-0.05, 0) is 24.8 Å². The first kappa shape index (κ1) is 9.21. The van der Waals surface area contributed by atoms with E-state index in [-0.39, 0.29) is 12.4 Å². The van der Waals surface area contributed by atoms with Crippen molar-refractivity contribution in [3.8, 4) is 0 Å². The van der Waals surface area contributed by atoms with Crippen LogP contribution in [-0.2, 0) is 4.74 Å². The van der Waals surface area contributed by atoms with Crippen LogP contribution in [0.2, 0.25) is 0 Å². The van der Waals surface area contributed by atoms with Gasteiger partial charge in [-0.3, -0.25) is 0 Å². The Bertz CT molecular complexity index is 79.5. The lowest BCUT2D eigenvalue weighted by molar-refractivity contribution is 0.181. The van der Waals surface area contributed by atoms with E-state index in [2.05, 4.69) is 0 Å². The third-order valence-corrected chi connectivity index (χ3v) is 1.75. The van der Waals surface area contributed by atoms with Gasteiger partial charge in [-0.2, -0.15) is 0 Å². The fourth-order valence-corrected chi connectivity index (χ4v) is 1.02. The van der Waals surface area contributed by atoms with E-state index < -0.39 is 0 Å². The number of hydrogen-bond acceptors (Lipinski definition) is 2. The summed E-state index contributed by atoms with van der Waals surface area (Å²) in [5.41, 5.74) is 5.40. The highest BCUT2D eigenvalue weighted by atomic mass is 35.5. The lowest BCUT2D eigenvalue weighted by Crippen LogP contribution is -2.04. The van der Waals surface area contributed by atoms with Gasteiger partial charge in [0.15, 0.2) is 0 Å². The van der Waals surface area contributed by atoms with E-state index in [9.17, 15) is 0 Å². The Hall–Kier alpha value is 0.210. The molecule has 3 heteroatoms. The topological polar surface area (TPSA) is 35.2 Å². The maximum absolute atomic E-state index is 5.40. The van der Waals surface area contributed by atoms with E-state index in [1.807, 2.05) is 0 Å². The normalized spacial score (nSPS) is 31.3.